The zero-order valence-corrected chi connectivity index (χ0v) is 10.7. The van der Waals surface area contributed by atoms with Gasteiger partial charge in [-0.2, -0.15) is 5.10 Å². The van der Waals surface area contributed by atoms with E-state index in [2.05, 4.69) is 41.6 Å². The van der Waals surface area contributed by atoms with E-state index in [9.17, 15) is 0 Å². The predicted molar refractivity (Wildman–Crippen MR) is 69.7 cm³/mol. The van der Waals surface area contributed by atoms with Gasteiger partial charge in [-0.1, -0.05) is 19.9 Å². The Morgan fingerprint density at radius 2 is 2.12 bits per heavy atom. The summed E-state index contributed by atoms with van der Waals surface area (Å²) in [5.41, 5.74) is 3.54. The Hall–Kier alpha value is -1.64. The monoisotopic (exact) mass is 229 g/mol. The predicted octanol–water partition coefficient (Wildman–Crippen LogP) is 3.30. The lowest BCUT2D eigenvalue weighted by Crippen LogP contribution is -2.05. The lowest BCUT2D eigenvalue weighted by molar-refractivity contribution is 0.480. The molecule has 2 aromatic rings. The number of aryl methyl sites for hydroxylation is 1. The fourth-order valence-electron chi connectivity index (χ4n) is 1.86. The van der Waals surface area contributed by atoms with E-state index in [0.29, 0.717) is 5.92 Å². The van der Waals surface area contributed by atoms with Gasteiger partial charge in [-0.15, -0.1) is 0 Å². The molecule has 0 aliphatic rings. The van der Waals surface area contributed by atoms with Crippen LogP contribution in [0.1, 0.15) is 26.0 Å². The van der Waals surface area contributed by atoms with Crippen LogP contribution in [0.3, 0.4) is 0 Å². The Bertz CT molecular complexity index is 471. The molecule has 0 bridgehead atoms. The highest BCUT2D eigenvalue weighted by atomic mass is 15.3. The zero-order chi connectivity index (χ0) is 12.3. The lowest BCUT2D eigenvalue weighted by Gasteiger charge is -2.07. The summed E-state index contributed by atoms with van der Waals surface area (Å²) in [6, 6.07) is 4.03. The minimum Gasteiger partial charge on any atom is -0.269 e. The Labute approximate surface area is 103 Å². The molecular weight excluding hydrogens is 210 g/mol. The molecule has 2 heterocycles. The largest absolute Gasteiger partial charge is 0.269 e. The number of hydrogen-bond acceptors (Lipinski definition) is 2. The maximum Gasteiger partial charge on any atom is 0.0571 e. The first-order chi connectivity index (χ1) is 8.18. The Morgan fingerprint density at radius 3 is 2.76 bits per heavy atom. The van der Waals surface area contributed by atoms with E-state index in [-0.39, 0.29) is 0 Å². The van der Waals surface area contributed by atoms with Crippen molar-refractivity contribution in [3.05, 3.63) is 36.4 Å². The molecule has 0 radical (unpaired) electrons. The van der Waals surface area contributed by atoms with Crippen molar-refractivity contribution in [3.8, 4) is 11.1 Å². The summed E-state index contributed by atoms with van der Waals surface area (Å²) >= 11 is 0. The lowest BCUT2D eigenvalue weighted by atomic mass is 10.1. The molecule has 0 N–H and O–H groups in total. The van der Waals surface area contributed by atoms with Crippen LogP contribution >= 0.6 is 0 Å². The van der Waals surface area contributed by atoms with Crippen molar-refractivity contribution in [2.24, 2.45) is 5.92 Å². The van der Waals surface area contributed by atoms with Gasteiger partial charge in [-0.3, -0.25) is 9.67 Å². The third-order valence-electron chi connectivity index (χ3n) is 2.99. The van der Waals surface area contributed by atoms with E-state index in [1.54, 1.807) is 6.20 Å². The van der Waals surface area contributed by atoms with Crippen molar-refractivity contribution in [3.63, 3.8) is 0 Å². The maximum atomic E-state index is 4.45. The third kappa shape index (κ3) is 2.73. The average molecular weight is 229 g/mol. The van der Waals surface area contributed by atoms with Crippen LogP contribution in [0.15, 0.2) is 30.7 Å². The minimum absolute atomic E-state index is 0.709. The quantitative estimate of drug-likeness (QED) is 0.805. The Morgan fingerprint density at radius 1 is 1.29 bits per heavy atom. The van der Waals surface area contributed by atoms with Crippen LogP contribution in [-0.4, -0.2) is 14.8 Å². The average Bonchev–Trinajstić information content (AvgIpc) is 2.69. The molecule has 0 fully saturated rings. The summed E-state index contributed by atoms with van der Waals surface area (Å²) in [6.07, 6.45) is 6.78. The van der Waals surface area contributed by atoms with Gasteiger partial charge in [0.15, 0.2) is 0 Å². The van der Waals surface area contributed by atoms with Crippen LogP contribution < -0.4 is 0 Å². The third-order valence-corrected chi connectivity index (χ3v) is 2.99. The molecule has 90 valence electrons. The second-order valence-corrected chi connectivity index (χ2v) is 4.79. The Kier molecular flexibility index (Phi) is 3.57. The molecule has 0 aliphatic carbocycles. The highest BCUT2D eigenvalue weighted by Gasteiger charge is 2.08. The van der Waals surface area contributed by atoms with Gasteiger partial charge >= 0.3 is 0 Å². The van der Waals surface area contributed by atoms with E-state index in [1.807, 2.05) is 18.5 Å². The number of pyridine rings is 1. The van der Waals surface area contributed by atoms with Crippen molar-refractivity contribution in [2.45, 2.75) is 33.7 Å². The van der Waals surface area contributed by atoms with Gasteiger partial charge in [-0.25, -0.2) is 0 Å². The van der Waals surface area contributed by atoms with Crippen molar-refractivity contribution in [2.75, 3.05) is 0 Å². The van der Waals surface area contributed by atoms with Crippen molar-refractivity contribution in [1.29, 1.82) is 0 Å². The number of rotatable bonds is 4. The van der Waals surface area contributed by atoms with Gasteiger partial charge in [-0.05, 0) is 25.3 Å². The Balaban J connectivity index is 2.21. The number of aromatic nitrogens is 3. The summed E-state index contributed by atoms with van der Waals surface area (Å²) in [5, 5.41) is 4.45. The molecule has 0 saturated carbocycles. The standard InChI is InChI=1S/C14H19N3/c1-11(2)6-8-17-12(3)14(10-16-17)13-5-4-7-15-9-13/h4-5,7,9-11H,6,8H2,1-3H3. The summed E-state index contributed by atoms with van der Waals surface area (Å²) in [5.74, 6) is 0.709. The van der Waals surface area contributed by atoms with Crippen LogP contribution in [0.2, 0.25) is 0 Å². The summed E-state index contributed by atoms with van der Waals surface area (Å²) in [7, 11) is 0. The van der Waals surface area contributed by atoms with Gasteiger partial charge in [0.05, 0.1) is 6.20 Å². The molecule has 0 saturated heterocycles. The smallest absolute Gasteiger partial charge is 0.0571 e. The van der Waals surface area contributed by atoms with Gasteiger partial charge in [0.25, 0.3) is 0 Å². The van der Waals surface area contributed by atoms with Crippen molar-refractivity contribution in [1.82, 2.24) is 14.8 Å². The number of nitrogens with zero attached hydrogens (tertiary/aromatic N) is 3. The second kappa shape index (κ2) is 5.13. The van der Waals surface area contributed by atoms with Crippen LogP contribution in [0.4, 0.5) is 0 Å². The highest BCUT2D eigenvalue weighted by molar-refractivity contribution is 5.63. The zero-order valence-electron chi connectivity index (χ0n) is 10.7. The van der Waals surface area contributed by atoms with Crippen LogP contribution in [0.25, 0.3) is 11.1 Å². The van der Waals surface area contributed by atoms with Crippen molar-refractivity contribution < 1.29 is 0 Å². The molecule has 0 aliphatic heterocycles. The first kappa shape index (κ1) is 11.8. The van der Waals surface area contributed by atoms with Gasteiger partial charge in [0, 0.05) is 35.8 Å². The summed E-state index contributed by atoms with van der Waals surface area (Å²) in [4.78, 5) is 4.15. The van der Waals surface area contributed by atoms with Gasteiger partial charge < -0.3 is 0 Å². The van der Waals surface area contributed by atoms with Crippen LogP contribution in [-0.2, 0) is 6.54 Å². The molecule has 0 amide bonds. The van der Waals surface area contributed by atoms with Crippen LogP contribution in [0.5, 0.6) is 0 Å². The molecular formula is C14H19N3. The van der Waals surface area contributed by atoms with Crippen molar-refractivity contribution >= 4 is 0 Å². The normalized spacial score (nSPS) is 11.1. The number of hydrogen-bond donors (Lipinski definition) is 0. The first-order valence-electron chi connectivity index (χ1n) is 6.11. The molecule has 0 spiro atoms. The fraction of sp³-hybridized carbons (Fsp3) is 0.429. The summed E-state index contributed by atoms with van der Waals surface area (Å²) < 4.78 is 2.09. The van der Waals surface area contributed by atoms with E-state index in [4.69, 9.17) is 0 Å². The molecule has 3 nitrogen and oxygen atoms in total. The summed E-state index contributed by atoms with van der Waals surface area (Å²) in [6.45, 7) is 7.58. The SMILES string of the molecule is Cc1c(-c2cccnc2)cnn1CCC(C)C. The molecule has 0 atom stereocenters. The highest BCUT2D eigenvalue weighted by Crippen LogP contribution is 2.22. The van der Waals surface area contributed by atoms with E-state index in [1.165, 1.54) is 11.3 Å². The van der Waals surface area contributed by atoms with E-state index in [0.717, 1.165) is 18.5 Å². The second-order valence-electron chi connectivity index (χ2n) is 4.79. The molecule has 17 heavy (non-hydrogen) atoms. The maximum absolute atomic E-state index is 4.45. The van der Waals surface area contributed by atoms with E-state index < -0.39 is 0 Å². The molecule has 3 heteroatoms. The minimum atomic E-state index is 0.709. The topological polar surface area (TPSA) is 30.7 Å². The first-order valence-corrected chi connectivity index (χ1v) is 6.11. The van der Waals surface area contributed by atoms with E-state index >= 15 is 0 Å². The molecule has 2 rings (SSSR count). The van der Waals surface area contributed by atoms with Gasteiger partial charge in [0.1, 0.15) is 0 Å². The van der Waals surface area contributed by atoms with Gasteiger partial charge in [0.2, 0.25) is 0 Å². The molecule has 0 aromatic carbocycles. The van der Waals surface area contributed by atoms with Crippen LogP contribution in [0, 0.1) is 12.8 Å². The fourth-order valence-corrected chi connectivity index (χ4v) is 1.86. The molecule has 2 aromatic heterocycles. The molecule has 0 unspecified atom stereocenters.